The molecule has 2 saturated heterocycles. The molecule has 142 valence electrons. The Morgan fingerprint density at radius 3 is 2.81 bits per heavy atom. The van der Waals surface area contributed by atoms with Gasteiger partial charge < -0.3 is 19.7 Å². The van der Waals surface area contributed by atoms with Crippen LogP contribution in [0.2, 0.25) is 0 Å². The highest BCUT2D eigenvalue weighted by Gasteiger charge is 2.37. The molecule has 3 aliphatic rings. The van der Waals surface area contributed by atoms with Crippen LogP contribution in [0.1, 0.15) is 12.0 Å². The predicted molar refractivity (Wildman–Crippen MR) is 95.5 cm³/mol. The third-order valence-corrected chi connectivity index (χ3v) is 4.98. The molecule has 7 heteroatoms. The molecule has 2 heterocycles. The fourth-order valence-electron chi connectivity index (χ4n) is 3.39. The highest BCUT2D eigenvalue weighted by atomic mass is 19.1. The Bertz CT molecular complexity index is 825. The summed E-state index contributed by atoms with van der Waals surface area (Å²) < 4.78 is 25.4. The van der Waals surface area contributed by atoms with Crippen molar-refractivity contribution in [1.82, 2.24) is 10.2 Å². The van der Waals surface area contributed by atoms with E-state index in [-0.39, 0.29) is 36.3 Å². The summed E-state index contributed by atoms with van der Waals surface area (Å²) in [7, 11) is 0. The molecule has 2 fully saturated rings. The monoisotopic (exact) mass is 372 g/mol. The lowest BCUT2D eigenvalue weighted by atomic mass is 9.95. The predicted octanol–water partition coefficient (Wildman–Crippen LogP) is 1.86. The summed E-state index contributed by atoms with van der Waals surface area (Å²) in [4.78, 5) is 25.6. The molecule has 0 aromatic heterocycles. The maximum atomic E-state index is 14.4. The second-order valence-corrected chi connectivity index (χ2v) is 7.17. The lowest BCUT2D eigenvalue weighted by molar-refractivity contribution is -0.134. The molecule has 2 amide bonds. The summed E-state index contributed by atoms with van der Waals surface area (Å²) in [5, 5.41) is 2.66. The quantitative estimate of drug-likeness (QED) is 0.876. The Labute approximate surface area is 156 Å². The largest absolute Gasteiger partial charge is 0.493 e. The van der Waals surface area contributed by atoms with Gasteiger partial charge in [0.2, 0.25) is 5.91 Å². The van der Waals surface area contributed by atoms with E-state index in [1.54, 1.807) is 4.90 Å². The molecule has 0 radical (unpaired) electrons. The highest BCUT2D eigenvalue weighted by molar-refractivity contribution is 5.98. The molecular formula is C20H21FN2O4. The van der Waals surface area contributed by atoms with Crippen LogP contribution in [0.5, 0.6) is 5.75 Å². The maximum Gasteiger partial charge on any atom is 0.256 e. The van der Waals surface area contributed by atoms with E-state index in [1.165, 1.54) is 11.6 Å². The number of morpholine rings is 1. The van der Waals surface area contributed by atoms with Crippen molar-refractivity contribution in [1.29, 1.82) is 0 Å². The molecule has 1 aliphatic carbocycles. The topological polar surface area (TPSA) is 67.9 Å². The van der Waals surface area contributed by atoms with Crippen LogP contribution < -0.4 is 10.1 Å². The van der Waals surface area contributed by atoms with Gasteiger partial charge in [-0.25, -0.2) is 4.39 Å². The van der Waals surface area contributed by atoms with Crippen LogP contribution in [0.15, 0.2) is 47.4 Å². The Morgan fingerprint density at radius 2 is 2.07 bits per heavy atom. The average molecular weight is 372 g/mol. The normalized spacial score (nSPS) is 22.6. The number of aryl methyl sites for hydroxylation is 1. The van der Waals surface area contributed by atoms with Crippen LogP contribution in [0.4, 0.5) is 4.39 Å². The number of rotatable bonds is 4. The van der Waals surface area contributed by atoms with Crippen molar-refractivity contribution in [3.8, 4) is 5.75 Å². The Morgan fingerprint density at radius 1 is 1.33 bits per heavy atom. The van der Waals surface area contributed by atoms with Gasteiger partial charge >= 0.3 is 0 Å². The zero-order valence-corrected chi connectivity index (χ0v) is 15.0. The minimum atomic E-state index is -0.522. The number of amides is 2. The van der Waals surface area contributed by atoms with Crippen molar-refractivity contribution in [3.63, 3.8) is 0 Å². The molecule has 1 atom stereocenters. The molecule has 1 aromatic carbocycles. The van der Waals surface area contributed by atoms with E-state index < -0.39 is 11.9 Å². The van der Waals surface area contributed by atoms with Crippen molar-refractivity contribution in [3.05, 3.63) is 53.0 Å². The van der Waals surface area contributed by atoms with Crippen LogP contribution in [0.3, 0.4) is 0 Å². The molecule has 1 unspecified atom stereocenters. The minimum Gasteiger partial charge on any atom is -0.493 e. The standard InChI is InChI=1S/C20H21FN2O4/c1-12-2-4-14(5-3-12)26-10-13-8-23(9-13)20(25)15-6-17-18(7-16(15)21)27-11-19(24)22-17/h2-6,13,18H,7-11H2,1H3,(H,22,24). The molecule has 27 heavy (non-hydrogen) atoms. The number of benzene rings is 1. The molecule has 0 saturated carbocycles. The molecule has 0 bridgehead atoms. The highest BCUT2D eigenvalue weighted by Crippen LogP contribution is 2.30. The van der Waals surface area contributed by atoms with Gasteiger partial charge in [0.05, 0.1) is 12.2 Å². The van der Waals surface area contributed by atoms with Gasteiger partial charge in [-0.2, -0.15) is 0 Å². The fourth-order valence-corrected chi connectivity index (χ4v) is 3.39. The molecule has 1 N–H and O–H groups in total. The first-order valence-corrected chi connectivity index (χ1v) is 9.00. The second-order valence-electron chi connectivity index (χ2n) is 7.17. The van der Waals surface area contributed by atoms with E-state index >= 15 is 0 Å². The fraction of sp³-hybridized carbons (Fsp3) is 0.400. The third-order valence-electron chi connectivity index (χ3n) is 4.98. The number of hydrogen-bond acceptors (Lipinski definition) is 4. The van der Waals surface area contributed by atoms with E-state index in [2.05, 4.69) is 5.32 Å². The molecule has 2 aliphatic heterocycles. The van der Waals surface area contributed by atoms with Gasteiger partial charge in [0.15, 0.2) is 0 Å². The van der Waals surface area contributed by atoms with Gasteiger partial charge in [0.1, 0.15) is 24.3 Å². The van der Waals surface area contributed by atoms with Gasteiger partial charge in [-0.1, -0.05) is 17.7 Å². The third kappa shape index (κ3) is 3.73. The lowest BCUT2D eigenvalue weighted by Crippen LogP contribution is -2.53. The van der Waals surface area contributed by atoms with Crippen LogP contribution in [-0.4, -0.2) is 49.1 Å². The van der Waals surface area contributed by atoms with Crippen molar-refractivity contribution < 1.29 is 23.5 Å². The van der Waals surface area contributed by atoms with E-state index in [0.717, 1.165) is 5.75 Å². The number of ether oxygens (including phenoxy) is 2. The van der Waals surface area contributed by atoms with Gasteiger partial charge in [0.25, 0.3) is 5.91 Å². The smallest absolute Gasteiger partial charge is 0.256 e. The Hall–Kier alpha value is -2.67. The summed E-state index contributed by atoms with van der Waals surface area (Å²) in [5.41, 5.74) is 1.63. The van der Waals surface area contributed by atoms with Gasteiger partial charge in [-0.3, -0.25) is 9.59 Å². The Balaban J connectivity index is 1.32. The van der Waals surface area contributed by atoms with Gasteiger partial charge in [-0.15, -0.1) is 0 Å². The molecule has 1 aromatic rings. The van der Waals surface area contributed by atoms with E-state index in [1.807, 2.05) is 31.2 Å². The summed E-state index contributed by atoms with van der Waals surface area (Å²) in [5.74, 6) is -0.117. The van der Waals surface area contributed by atoms with Crippen molar-refractivity contribution in [2.24, 2.45) is 5.92 Å². The summed E-state index contributed by atoms with van der Waals surface area (Å²) in [6.07, 6.45) is 0.853. The molecular weight excluding hydrogens is 351 g/mol. The van der Waals surface area contributed by atoms with Crippen LogP contribution in [0.25, 0.3) is 0 Å². The lowest BCUT2D eigenvalue weighted by Gasteiger charge is -2.40. The first-order valence-electron chi connectivity index (χ1n) is 9.00. The number of carbonyl (C=O) groups excluding carboxylic acids is 2. The average Bonchev–Trinajstić information content (AvgIpc) is 2.61. The van der Waals surface area contributed by atoms with Crippen LogP contribution in [0, 0.1) is 12.8 Å². The molecule has 4 rings (SSSR count). The van der Waals surface area contributed by atoms with Crippen LogP contribution in [-0.2, 0) is 14.3 Å². The molecule has 0 spiro atoms. The zero-order chi connectivity index (χ0) is 19.0. The molecule has 6 nitrogen and oxygen atoms in total. The summed E-state index contributed by atoms with van der Waals surface area (Å²) in [6.45, 7) is 3.49. The van der Waals surface area contributed by atoms with Crippen molar-refractivity contribution in [2.75, 3.05) is 26.3 Å². The number of hydrogen-bond donors (Lipinski definition) is 1. The van der Waals surface area contributed by atoms with Gasteiger partial charge in [0, 0.05) is 31.1 Å². The van der Waals surface area contributed by atoms with Crippen LogP contribution >= 0.6 is 0 Å². The number of nitrogens with zero attached hydrogens (tertiary/aromatic N) is 1. The number of fused-ring (bicyclic) bond motifs is 1. The Kier molecular flexibility index (Phi) is 4.70. The van der Waals surface area contributed by atoms with Crippen molar-refractivity contribution in [2.45, 2.75) is 19.4 Å². The number of likely N-dealkylation sites (tertiary alicyclic amines) is 1. The van der Waals surface area contributed by atoms with Gasteiger partial charge in [-0.05, 0) is 25.1 Å². The van der Waals surface area contributed by atoms with E-state index in [0.29, 0.717) is 25.4 Å². The second kappa shape index (κ2) is 7.15. The number of nitrogens with one attached hydrogen (secondary N) is 1. The summed E-state index contributed by atoms with van der Waals surface area (Å²) >= 11 is 0. The first-order chi connectivity index (χ1) is 13.0. The maximum absolute atomic E-state index is 14.4. The SMILES string of the molecule is Cc1ccc(OCC2CN(C(=O)C3=C(F)CC4OCC(=O)NC4=C3)C2)cc1. The van der Waals surface area contributed by atoms with Crippen molar-refractivity contribution >= 4 is 11.8 Å². The number of halogens is 1. The number of carbonyl (C=O) groups is 2. The van der Waals surface area contributed by atoms with E-state index in [4.69, 9.17) is 9.47 Å². The van der Waals surface area contributed by atoms with E-state index in [9.17, 15) is 14.0 Å². The zero-order valence-electron chi connectivity index (χ0n) is 15.0. The minimum absolute atomic E-state index is 0.00459. The first kappa shape index (κ1) is 17.7. The summed E-state index contributed by atoms with van der Waals surface area (Å²) in [6, 6.07) is 7.81.